The lowest BCUT2D eigenvalue weighted by atomic mass is 10.2. The summed E-state index contributed by atoms with van der Waals surface area (Å²) in [5.74, 6) is 0.121. The molecule has 9 heteroatoms. The molecule has 0 aromatic heterocycles. The van der Waals surface area contributed by atoms with Gasteiger partial charge in [0.1, 0.15) is 11.5 Å². The number of amides is 1. The molecule has 0 heterocycles. The number of hydrazone groups is 1. The minimum atomic E-state index is -3.83. The predicted octanol–water partition coefficient (Wildman–Crippen LogP) is 1.48. The monoisotopic (exact) mass is 391 g/mol. The number of carbonyl (C=O) groups excluding carboxylic acids is 1. The molecular formula is C18H21N3O5S. The number of hydrogen-bond donors (Lipinski definition) is 2. The molecule has 2 aromatic rings. The lowest BCUT2D eigenvalue weighted by molar-refractivity contribution is -0.121. The van der Waals surface area contributed by atoms with Crippen molar-refractivity contribution < 1.29 is 23.1 Å². The van der Waals surface area contributed by atoms with Crippen molar-refractivity contribution in [3.63, 3.8) is 0 Å². The Bertz CT molecular complexity index is 940. The van der Waals surface area contributed by atoms with Crippen LogP contribution in [0.15, 0.2) is 52.5 Å². The third kappa shape index (κ3) is 5.28. The van der Waals surface area contributed by atoms with Gasteiger partial charge >= 0.3 is 0 Å². The van der Waals surface area contributed by atoms with Crippen molar-refractivity contribution >= 4 is 22.1 Å². The van der Waals surface area contributed by atoms with Crippen LogP contribution in [0.3, 0.4) is 0 Å². The molecule has 2 N–H and O–H groups in total. The van der Waals surface area contributed by atoms with E-state index in [9.17, 15) is 18.3 Å². The van der Waals surface area contributed by atoms with Crippen LogP contribution < -0.4 is 10.2 Å². The third-order valence-electron chi connectivity index (χ3n) is 3.74. The number of hydrogen-bond acceptors (Lipinski definition) is 6. The van der Waals surface area contributed by atoms with Crippen molar-refractivity contribution in [2.24, 2.45) is 5.10 Å². The summed E-state index contributed by atoms with van der Waals surface area (Å²) in [5.41, 5.74) is 3.62. The molecule has 8 nitrogen and oxygen atoms in total. The Kier molecular flexibility index (Phi) is 6.54. The first-order chi connectivity index (χ1) is 12.7. The summed E-state index contributed by atoms with van der Waals surface area (Å²) in [7, 11) is -1.00. The number of rotatable bonds is 7. The number of carbonyl (C=O) groups is 1. The van der Waals surface area contributed by atoms with Gasteiger partial charge in [-0.1, -0.05) is 0 Å². The second-order valence-electron chi connectivity index (χ2n) is 5.78. The normalized spacial score (nSPS) is 11.7. The van der Waals surface area contributed by atoms with E-state index in [0.717, 1.165) is 4.31 Å². The lowest BCUT2D eigenvalue weighted by Gasteiger charge is -2.17. The SMILES string of the molecule is COc1ccc(S(=O)(=O)N(C)CC(=O)NN=Cc2ccc(O)cc2)cc1C. The van der Waals surface area contributed by atoms with E-state index in [1.54, 1.807) is 25.1 Å². The molecule has 0 aliphatic carbocycles. The van der Waals surface area contributed by atoms with E-state index in [1.807, 2.05) is 0 Å². The van der Waals surface area contributed by atoms with E-state index in [-0.39, 0.29) is 17.2 Å². The van der Waals surface area contributed by atoms with E-state index >= 15 is 0 Å². The first-order valence-corrected chi connectivity index (χ1v) is 9.40. The van der Waals surface area contributed by atoms with Gasteiger partial charge < -0.3 is 9.84 Å². The van der Waals surface area contributed by atoms with Crippen LogP contribution in [0.25, 0.3) is 0 Å². The largest absolute Gasteiger partial charge is 0.508 e. The number of methoxy groups -OCH3 is 1. The highest BCUT2D eigenvalue weighted by atomic mass is 32.2. The molecule has 0 saturated heterocycles. The fourth-order valence-corrected chi connectivity index (χ4v) is 3.47. The van der Waals surface area contributed by atoms with Crippen molar-refractivity contribution in [3.8, 4) is 11.5 Å². The number of phenols is 1. The van der Waals surface area contributed by atoms with Gasteiger partial charge in [0.05, 0.1) is 24.8 Å². The van der Waals surface area contributed by atoms with Gasteiger partial charge in [0.2, 0.25) is 10.0 Å². The van der Waals surface area contributed by atoms with Crippen molar-refractivity contribution in [2.75, 3.05) is 20.7 Å². The van der Waals surface area contributed by atoms with Gasteiger partial charge in [0, 0.05) is 7.05 Å². The molecular weight excluding hydrogens is 370 g/mol. The Hall–Kier alpha value is -2.91. The Balaban J connectivity index is 2.00. The minimum absolute atomic E-state index is 0.0729. The number of likely N-dealkylation sites (N-methyl/N-ethyl adjacent to an activating group) is 1. The Morgan fingerprint density at radius 1 is 1.26 bits per heavy atom. The predicted molar refractivity (Wildman–Crippen MR) is 101 cm³/mol. The van der Waals surface area contributed by atoms with E-state index in [1.165, 1.54) is 44.6 Å². The smallest absolute Gasteiger partial charge is 0.255 e. The molecule has 0 bridgehead atoms. The summed E-state index contributed by atoms with van der Waals surface area (Å²) in [4.78, 5) is 12.0. The van der Waals surface area contributed by atoms with Crippen LogP contribution in [0.5, 0.6) is 11.5 Å². The van der Waals surface area contributed by atoms with Crippen LogP contribution in [0.1, 0.15) is 11.1 Å². The number of nitrogens with zero attached hydrogens (tertiary/aromatic N) is 2. The highest BCUT2D eigenvalue weighted by molar-refractivity contribution is 7.89. The first kappa shape index (κ1) is 20.4. The molecule has 144 valence electrons. The van der Waals surface area contributed by atoms with E-state index in [0.29, 0.717) is 16.9 Å². The number of aromatic hydroxyl groups is 1. The van der Waals surface area contributed by atoms with Gasteiger partial charge in [-0.2, -0.15) is 9.41 Å². The first-order valence-electron chi connectivity index (χ1n) is 7.96. The maximum atomic E-state index is 12.6. The van der Waals surface area contributed by atoms with Gasteiger partial charge in [-0.25, -0.2) is 13.8 Å². The molecule has 0 atom stereocenters. The van der Waals surface area contributed by atoms with Crippen molar-refractivity contribution in [1.29, 1.82) is 0 Å². The van der Waals surface area contributed by atoms with Gasteiger partial charge in [-0.3, -0.25) is 4.79 Å². The number of benzene rings is 2. The molecule has 2 aromatic carbocycles. The Labute approximate surface area is 158 Å². The van der Waals surface area contributed by atoms with Crippen LogP contribution in [0, 0.1) is 6.92 Å². The van der Waals surface area contributed by atoms with Gasteiger partial charge in [-0.15, -0.1) is 0 Å². The fraction of sp³-hybridized carbons (Fsp3) is 0.222. The third-order valence-corrected chi connectivity index (χ3v) is 5.54. The average Bonchev–Trinajstić information content (AvgIpc) is 2.63. The van der Waals surface area contributed by atoms with Crippen LogP contribution in [0.2, 0.25) is 0 Å². The number of ether oxygens (including phenoxy) is 1. The number of aryl methyl sites for hydroxylation is 1. The topological polar surface area (TPSA) is 108 Å². The zero-order chi connectivity index (χ0) is 20.0. The highest BCUT2D eigenvalue weighted by Crippen LogP contribution is 2.23. The van der Waals surface area contributed by atoms with Crippen LogP contribution in [-0.4, -0.2) is 50.7 Å². The highest BCUT2D eigenvalue weighted by Gasteiger charge is 2.23. The Morgan fingerprint density at radius 2 is 1.93 bits per heavy atom. The van der Waals surface area contributed by atoms with E-state index in [2.05, 4.69) is 10.5 Å². The second kappa shape index (κ2) is 8.65. The minimum Gasteiger partial charge on any atom is -0.508 e. The standard InChI is InChI=1S/C18H21N3O5S/c1-13-10-16(8-9-17(13)26-3)27(24,25)21(2)12-18(23)20-19-11-14-4-6-15(22)7-5-14/h4-11,22H,12H2,1-3H3,(H,20,23). The molecule has 0 aliphatic heterocycles. The zero-order valence-electron chi connectivity index (χ0n) is 15.2. The summed E-state index contributed by atoms with van der Waals surface area (Å²) in [6.45, 7) is 1.35. The van der Waals surface area contributed by atoms with Gasteiger partial charge in [-0.05, 0) is 60.5 Å². The molecule has 27 heavy (non-hydrogen) atoms. The summed E-state index contributed by atoms with van der Waals surface area (Å²) < 4.78 is 31.2. The molecule has 0 spiro atoms. The maximum Gasteiger partial charge on any atom is 0.255 e. The zero-order valence-corrected chi connectivity index (χ0v) is 16.0. The molecule has 0 radical (unpaired) electrons. The molecule has 2 rings (SSSR count). The van der Waals surface area contributed by atoms with E-state index < -0.39 is 15.9 Å². The summed E-state index contributed by atoms with van der Waals surface area (Å²) >= 11 is 0. The quantitative estimate of drug-likeness (QED) is 0.549. The van der Waals surface area contributed by atoms with Crippen LogP contribution in [-0.2, 0) is 14.8 Å². The fourth-order valence-electron chi connectivity index (χ4n) is 2.25. The second-order valence-corrected chi connectivity index (χ2v) is 7.82. The maximum absolute atomic E-state index is 12.6. The number of nitrogens with one attached hydrogen (secondary N) is 1. The van der Waals surface area contributed by atoms with E-state index in [4.69, 9.17) is 4.74 Å². The number of sulfonamides is 1. The summed E-state index contributed by atoms with van der Waals surface area (Å²) in [6, 6.07) is 10.7. The lowest BCUT2D eigenvalue weighted by Crippen LogP contribution is -2.36. The van der Waals surface area contributed by atoms with Crippen LogP contribution >= 0.6 is 0 Å². The Morgan fingerprint density at radius 3 is 2.52 bits per heavy atom. The summed E-state index contributed by atoms with van der Waals surface area (Å²) in [6.07, 6.45) is 1.39. The van der Waals surface area contributed by atoms with Gasteiger partial charge in [0.15, 0.2) is 0 Å². The molecule has 0 fully saturated rings. The molecule has 0 aliphatic rings. The van der Waals surface area contributed by atoms with Crippen LogP contribution in [0.4, 0.5) is 0 Å². The summed E-state index contributed by atoms with van der Waals surface area (Å²) in [5, 5.41) is 13.0. The average molecular weight is 391 g/mol. The molecule has 1 amide bonds. The van der Waals surface area contributed by atoms with Crippen molar-refractivity contribution in [1.82, 2.24) is 9.73 Å². The molecule has 0 saturated carbocycles. The van der Waals surface area contributed by atoms with Gasteiger partial charge in [0.25, 0.3) is 5.91 Å². The number of phenolic OH excluding ortho intramolecular Hbond substituents is 1. The van der Waals surface area contributed by atoms with Crippen molar-refractivity contribution in [2.45, 2.75) is 11.8 Å². The van der Waals surface area contributed by atoms with Crippen molar-refractivity contribution in [3.05, 3.63) is 53.6 Å². The molecule has 0 unspecified atom stereocenters.